The van der Waals surface area contributed by atoms with E-state index in [1.54, 1.807) is 0 Å². The van der Waals surface area contributed by atoms with Crippen LogP contribution in [0.1, 0.15) is 226 Å². The predicted molar refractivity (Wildman–Crippen MR) is 222 cm³/mol. The number of hydrogen-bond acceptors (Lipinski definition) is 4. The fourth-order valence-electron chi connectivity index (χ4n) is 6.52. The average Bonchev–Trinajstić information content (AvgIpc) is 3.13. The van der Waals surface area contributed by atoms with Gasteiger partial charge in [0.05, 0.1) is 0 Å². The van der Waals surface area contributed by atoms with Crippen LogP contribution in [0.3, 0.4) is 0 Å². The number of aliphatic carboxylic acids is 1. The molecule has 0 spiro atoms. The highest BCUT2D eigenvalue weighted by Crippen LogP contribution is 2.19. The second-order valence-electron chi connectivity index (χ2n) is 15.0. The van der Waals surface area contributed by atoms with Crippen LogP contribution in [0.25, 0.3) is 0 Å². The molecule has 6 nitrogen and oxygen atoms in total. The Morgan fingerprint density at radius 3 is 1.38 bits per heavy atom. The Labute approximate surface area is 321 Å². The second kappa shape index (κ2) is 41.4. The molecule has 0 aromatic heterocycles. The first-order valence-electron chi connectivity index (χ1n) is 22.1. The Morgan fingerprint density at radius 1 is 0.500 bits per heavy atom. The molecule has 0 aliphatic carbocycles. The quantitative estimate of drug-likeness (QED) is 0.0372. The van der Waals surface area contributed by atoms with Gasteiger partial charge in [-0.3, -0.25) is 14.4 Å². The van der Waals surface area contributed by atoms with Crippen molar-refractivity contribution in [1.29, 1.82) is 0 Å². The number of carboxylic acids is 1. The zero-order chi connectivity index (χ0) is 38.0. The molecule has 0 heterocycles. The summed E-state index contributed by atoms with van der Waals surface area (Å²) in [4.78, 5) is 35.0. The number of ether oxygens (including phenoxy) is 1. The number of amides is 1. The van der Waals surface area contributed by atoms with Crippen LogP contribution in [0, 0.1) is 0 Å². The van der Waals surface area contributed by atoms with Crippen molar-refractivity contribution in [2.75, 3.05) is 6.54 Å². The highest BCUT2D eigenvalue weighted by molar-refractivity contribution is 5.80. The van der Waals surface area contributed by atoms with Gasteiger partial charge in [0.2, 0.25) is 5.91 Å². The zero-order valence-corrected chi connectivity index (χ0v) is 34.2. The first-order chi connectivity index (χ1) is 25.5. The van der Waals surface area contributed by atoms with Gasteiger partial charge in [0, 0.05) is 12.8 Å². The second-order valence-corrected chi connectivity index (χ2v) is 15.0. The van der Waals surface area contributed by atoms with E-state index >= 15 is 0 Å². The summed E-state index contributed by atoms with van der Waals surface area (Å²) in [6.45, 7) is 4.20. The van der Waals surface area contributed by atoms with Crippen LogP contribution in [-0.4, -0.2) is 35.6 Å². The van der Waals surface area contributed by atoms with E-state index in [9.17, 15) is 14.4 Å². The Bertz CT molecular complexity index is 895. The molecule has 1 atom stereocenters. The van der Waals surface area contributed by atoms with Crippen molar-refractivity contribution < 1.29 is 24.2 Å². The van der Waals surface area contributed by atoms with Gasteiger partial charge in [-0.2, -0.15) is 0 Å². The van der Waals surface area contributed by atoms with Crippen LogP contribution < -0.4 is 5.32 Å². The number of carboxylic acid groups (broad SMARTS) is 1. The minimum atomic E-state index is -1.02. The molecule has 0 aliphatic rings. The van der Waals surface area contributed by atoms with E-state index < -0.39 is 5.97 Å². The van der Waals surface area contributed by atoms with Crippen molar-refractivity contribution >= 4 is 17.8 Å². The zero-order valence-electron chi connectivity index (χ0n) is 34.2. The van der Waals surface area contributed by atoms with E-state index in [1.165, 1.54) is 116 Å². The summed E-state index contributed by atoms with van der Waals surface area (Å²) >= 11 is 0. The summed E-state index contributed by atoms with van der Waals surface area (Å²) < 4.78 is 6.03. The number of carbonyl (C=O) groups is 3. The first-order valence-corrected chi connectivity index (χ1v) is 22.1. The number of nitrogens with one attached hydrogen (secondary N) is 1. The van der Waals surface area contributed by atoms with Gasteiger partial charge in [0.15, 0.2) is 0 Å². The SMILES string of the molecule is CCCCC/C=C\C/C=C\C/C=C\CCCCCCCCC(=O)OC(CCCCCCCCCCCCC)CCCCCCCC(=O)NCC(=O)O. The minimum absolute atomic E-state index is 0.0218. The van der Waals surface area contributed by atoms with Gasteiger partial charge in [-0.15, -0.1) is 0 Å². The number of esters is 1. The van der Waals surface area contributed by atoms with Gasteiger partial charge < -0.3 is 15.2 Å². The third-order valence-corrected chi connectivity index (χ3v) is 9.81. The monoisotopic (exact) mass is 730 g/mol. The molecule has 1 unspecified atom stereocenters. The largest absolute Gasteiger partial charge is 0.480 e. The normalized spacial score (nSPS) is 12.3. The van der Waals surface area contributed by atoms with Crippen molar-refractivity contribution in [3.8, 4) is 0 Å². The Hall–Kier alpha value is -2.37. The highest BCUT2D eigenvalue weighted by atomic mass is 16.5. The maximum absolute atomic E-state index is 12.8. The van der Waals surface area contributed by atoms with Crippen LogP contribution in [0.4, 0.5) is 0 Å². The van der Waals surface area contributed by atoms with Gasteiger partial charge in [0.1, 0.15) is 12.6 Å². The van der Waals surface area contributed by atoms with Gasteiger partial charge in [0.25, 0.3) is 0 Å². The lowest BCUT2D eigenvalue weighted by molar-refractivity contribution is -0.150. The Morgan fingerprint density at radius 2 is 0.885 bits per heavy atom. The van der Waals surface area contributed by atoms with Gasteiger partial charge in [-0.1, -0.05) is 172 Å². The Kier molecular flexibility index (Phi) is 39.5. The van der Waals surface area contributed by atoms with E-state index in [-0.39, 0.29) is 24.5 Å². The first kappa shape index (κ1) is 49.6. The topological polar surface area (TPSA) is 92.7 Å². The molecule has 6 heteroatoms. The van der Waals surface area contributed by atoms with E-state index in [0.717, 1.165) is 83.5 Å². The van der Waals surface area contributed by atoms with Crippen molar-refractivity contribution in [3.05, 3.63) is 36.5 Å². The van der Waals surface area contributed by atoms with Crippen molar-refractivity contribution in [2.45, 2.75) is 232 Å². The minimum Gasteiger partial charge on any atom is -0.480 e. The summed E-state index contributed by atoms with van der Waals surface area (Å²) in [6, 6.07) is 0. The third-order valence-electron chi connectivity index (χ3n) is 9.81. The predicted octanol–water partition coefficient (Wildman–Crippen LogP) is 13.7. The molecule has 0 aliphatic heterocycles. The van der Waals surface area contributed by atoms with Crippen molar-refractivity contribution in [3.63, 3.8) is 0 Å². The number of unbranched alkanes of at least 4 members (excludes halogenated alkanes) is 23. The number of carbonyl (C=O) groups excluding carboxylic acids is 2. The van der Waals surface area contributed by atoms with Crippen LogP contribution in [0.2, 0.25) is 0 Å². The lowest BCUT2D eigenvalue weighted by Crippen LogP contribution is -2.28. The van der Waals surface area contributed by atoms with Crippen LogP contribution in [0.5, 0.6) is 0 Å². The molecule has 0 aromatic rings. The molecule has 52 heavy (non-hydrogen) atoms. The van der Waals surface area contributed by atoms with E-state index in [1.807, 2.05) is 0 Å². The molecule has 0 aromatic carbocycles. The average molecular weight is 730 g/mol. The lowest BCUT2D eigenvalue weighted by atomic mass is 10.0. The molecule has 0 saturated carbocycles. The molecule has 0 saturated heterocycles. The summed E-state index contributed by atoms with van der Waals surface area (Å²) in [7, 11) is 0. The fraction of sp³-hybridized carbons (Fsp3) is 0.804. The maximum Gasteiger partial charge on any atom is 0.322 e. The molecule has 0 fully saturated rings. The Balaban J connectivity index is 4.13. The number of rotatable bonds is 40. The van der Waals surface area contributed by atoms with Gasteiger partial charge >= 0.3 is 11.9 Å². The smallest absolute Gasteiger partial charge is 0.322 e. The summed E-state index contributed by atoms with van der Waals surface area (Å²) in [6.07, 6.45) is 51.2. The van der Waals surface area contributed by atoms with Crippen molar-refractivity contribution in [2.24, 2.45) is 0 Å². The van der Waals surface area contributed by atoms with E-state index in [2.05, 4.69) is 55.6 Å². The van der Waals surface area contributed by atoms with Crippen LogP contribution in [0.15, 0.2) is 36.5 Å². The maximum atomic E-state index is 12.8. The molecule has 2 N–H and O–H groups in total. The fourth-order valence-corrected chi connectivity index (χ4v) is 6.52. The van der Waals surface area contributed by atoms with E-state index in [0.29, 0.717) is 12.8 Å². The standard InChI is InChI=1S/C46H83NO5/c1-3-5-7-9-11-13-15-16-17-18-19-20-21-22-24-26-28-33-37-41-46(51)52-43(38-34-30-27-25-23-14-12-10-8-6-4-2)39-35-31-29-32-36-40-44(48)47-42-45(49)50/h11,13,16-17,19-20,43H,3-10,12,14-15,18,21-42H2,1-2H3,(H,47,48)(H,49,50)/b13-11-,17-16-,20-19-. The summed E-state index contributed by atoms with van der Waals surface area (Å²) in [5.74, 6) is -1.24. The highest BCUT2D eigenvalue weighted by Gasteiger charge is 2.14. The molecule has 302 valence electrons. The third kappa shape index (κ3) is 40.4. The lowest BCUT2D eigenvalue weighted by Gasteiger charge is -2.18. The van der Waals surface area contributed by atoms with Crippen LogP contribution >= 0.6 is 0 Å². The van der Waals surface area contributed by atoms with E-state index in [4.69, 9.17) is 9.84 Å². The van der Waals surface area contributed by atoms with Gasteiger partial charge in [-0.25, -0.2) is 0 Å². The summed E-state index contributed by atoms with van der Waals surface area (Å²) in [5, 5.41) is 11.1. The molecule has 0 bridgehead atoms. The van der Waals surface area contributed by atoms with Crippen LogP contribution in [-0.2, 0) is 19.1 Å². The molecule has 0 radical (unpaired) electrons. The molecular formula is C46H83NO5. The number of hydrogen-bond donors (Lipinski definition) is 2. The molecule has 1 amide bonds. The molecule has 0 rings (SSSR count). The summed E-state index contributed by atoms with van der Waals surface area (Å²) in [5.41, 5.74) is 0. The van der Waals surface area contributed by atoms with Gasteiger partial charge in [-0.05, 0) is 77.0 Å². The molecular weight excluding hydrogens is 647 g/mol. The van der Waals surface area contributed by atoms with Crippen molar-refractivity contribution in [1.82, 2.24) is 5.32 Å². The number of allylic oxidation sites excluding steroid dienone is 6.